The van der Waals surface area contributed by atoms with Crippen molar-refractivity contribution in [3.05, 3.63) is 47.0 Å². The van der Waals surface area contributed by atoms with E-state index in [-0.39, 0.29) is 12.5 Å². The van der Waals surface area contributed by atoms with Gasteiger partial charge in [-0.05, 0) is 25.0 Å². The number of carbonyl (C=O) groups is 2. The van der Waals surface area contributed by atoms with E-state index in [2.05, 4.69) is 0 Å². The van der Waals surface area contributed by atoms with Gasteiger partial charge in [0.05, 0.1) is 6.54 Å². The van der Waals surface area contributed by atoms with Gasteiger partial charge < -0.3 is 4.74 Å². The Hall–Kier alpha value is -2.10. The van der Waals surface area contributed by atoms with E-state index in [0.717, 1.165) is 16.0 Å². The molecule has 0 atom stereocenters. The predicted molar refractivity (Wildman–Crippen MR) is 66.7 cm³/mol. The number of nitrogens with zero attached hydrogens (tertiary/aromatic N) is 1. The molecule has 2 amide bonds. The fraction of sp³-hybridized carbons (Fsp3) is 0.286. The maximum atomic E-state index is 11.8. The SMILES string of the molecule is CC1=C(C)C(=O)N(C(=O)OCc2ccccc2)C1. The molecule has 0 aromatic heterocycles. The average Bonchev–Trinajstić information content (AvgIpc) is 2.65. The van der Waals surface area contributed by atoms with Gasteiger partial charge in [0.15, 0.2) is 0 Å². The lowest BCUT2D eigenvalue weighted by atomic mass is 10.2. The number of amides is 2. The molecular formula is C14H15NO3. The van der Waals surface area contributed by atoms with E-state index in [0.29, 0.717) is 12.1 Å². The summed E-state index contributed by atoms with van der Waals surface area (Å²) in [5.74, 6) is -0.259. The first-order valence-electron chi connectivity index (χ1n) is 5.78. The number of carbonyl (C=O) groups excluding carboxylic acids is 2. The third kappa shape index (κ3) is 2.42. The molecule has 1 aliphatic heterocycles. The molecule has 0 spiro atoms. The van der Waals surface area contributed by atoms with Gasteiger partial charge in [0.1, 0.15) is 6.61 Å². The van der Waals surface area contributed by atoms with Gasteiger partial charge in [-0.25, -0.2) is 9.69 Å². The fourth-order valence-corrected chi connectivity index (χ4v) is 1.76. The van der Waals surface area contributed by atoms with Crippen LogP contribution < -0.4 is 0 Å². The Morgan fingerprint density at radius 1 is 1.28 bits per heavy atom. The van der Waals surface area contributed by atoms with Crippen LogP contribution in [0.15, 0.2) is 41.5 Å². The second kappa shape index (κ2) is 5.04. The van der Waals surface area contributed by atoms with Crippen molar-refractivity contribution in [3.8, 4) is 0 Å². The smallest absolute Gasteiger partial charge is 0.417 e. The van der Waals surface area contributed by atoms with E-state index in [1.165, 1.54) is 0 Å². The van der Waals surface area contributed by atoms with Crippen molar-refractivity contribution < 1.29 is 14.3 Å². The first-order valence-corrected chi connectivity index (χ1v) is 5.78. The zero-order valence-electron chi connectivity index (χ0n) is 10.5. The van der Waals surface area contributed by atoms with Crippen molar-refractivity contribution in [1.82, 2.24) is 4.90 Å². The Morgan fingerprint density at radius 3 is 2.50 bits per heavy atom. The number of benzene rings is 1. The van der Waals surface area contributed by atoms with Crippen molar-refractivity contribution in [1.29, 1.82) is 0 Å². The maximum Gasteiger partial charge on any atom is 0.417 e. The summed E-state index contributed by atoms with van der Waals surface area (Å²) in [4.78, 5) is 24.6. The third-order valence-electron chi connectivity index (χ3n) is 3.03. The number of hydrogen-bond acceptors (Lipinski definition) is 3. The molecule has 4 heteroatoms. The summed E-state index contributed by atoms with van der Waals surface area (Å²) in [7, 11) is 0. The maximum absolute atomic E-state index is 11.8. The molecule has 18 heavy (non-hydrogen) atoms. The lowest BCUT2D eigenvalue weighted by Crippen LogP contribution is -2.34. The Labute approximate surface area is 106 Å². The molecule has 1 aliphatic rings. The minimum absolute atomic E-state index is 0.182. The van der Waals surface area contributed by atoms with E-state index in [4.69, 9.17) is 4.74 Å². The van der Waals surface area contributed by atoms with Crippen molar-refractivity contribution >= 4 is 12.0 Å². The summed E-state index contributed by atoms with van der Waals surface area (Å²) in [6.45, 7) is 4.08. The summed E-state index contributed by atoms with van der Waals surface area (Å²) in [5.41, 5.74) is 2.45. The van der Waals surface area contributed by atoms with Crippen LogP contribution in [-0.4, -0.2) is 23.4 Å². The van der Waals surface area contributed by atoms with Crippen LogP contribution in [0.5, 0.6) is 0 Å². The molecule has 0 bridgehead atoms. The highest BCUT2D eigenvalue weighted by atomic mass is 16.6. The standard InChI is InChI=1S/C14H15NO3/c1-10-8-15(13(16)11(10)2)14(17)18-9-12-6-4-3-5-7-12/h3-7H,8-9H2,1-2H3. The number of imide groups is 1. The molecule has 0 unspecified atom stereocenters. The van der Waals surface area contributed by atoms with Gasteiger partial charge in [-0.1, -0.05) is 30.3 Å². The van der Waals surface area contributed by atoms with Crippen LogP contribution in [0.4, 0.5) is 4.79 Å². The van der Waals surface area contributed by atoms with Gasteiger partial charge >= 0.3 is 6.09 Å². The van der Waals surface area contributed by atoms with Crippen LogP contribution in [0.25, 0.3) is 0 Å². The van der Waals surface area contributed by atoms with Crippen molar-refractivity contribution in [2.24, 2.45) is 0 Å². The Bertz CT molecular complexity index is 505. The van der Waals surface area contributed by atoms with E-state index in [1.807, 2.05) is 37.3 Å². The molecule has 0 radical (unpaired) electrons. The van der Waals surface area contributed by atoms with Crippen LogP contribution in [0.2, 0.25) is 0 Å². The van der Waals surface area contributed by atoms with Crippen molar-refractivity contribution in [3.63, 3.8) is 0 Å². The summed E-state index contributed by atoms with van der Waals surface area (Å²) < 4.78 is 5.12. The van der Waals surface area contributed by atoms with Crippen LogP contribution in [0.1, 0.15) is 19.4 Å². The zero-order chi connectivity index (χ0) is 13.1. The van der Waals surface area contributed by atoms with Crippen LogP contribution in [-0.2, 0) is 16.1 Å². The minimum Gasteiger partial charge on any atom is -0.444 e. The highest BCUT2D eigenvalue weighted by Gasteiger charge is 2.31. The fourth-order valence-electron chi connectivity index (χ4n) is 1.76. The number of rotatable bonds is 2. The molecule has 4 nitrogen and oxygen atoms in total. The monoisotopic (exact) mass is 245 g/mol. The molecule has 2 rings (SSSR count). The van der Waals surface area contributed by atoms with E-state index in [9.17, 15) is 9.59 Å². The minimum atomic E-state index is -0.583. The van der Waals surface area contributed by atoms with Gasteiger partial charge in [-0.3, -0.25) is 4.79 Å². The molecule has 1 aromatic carbocycles. The summed E-state index contributed by atoms with van der Waals surface area (Å²) in [6, 6.07) is 9.38. The normalized spacial score (nSPS) is 15.2. The average molecular weight is 245 g/mol. The first kappa shape index (κ1) is 12.4. The quantitative estimate of drug-likeness (QED) is 0.804. The molecule has 1 aromatic rings. The number of ether oxygens (including phenoxy) is 1. The van der Waals surface area contributed by atoms with E-state index in [1.54, 1.807) is 6.92 Å². The Kier molecular flexibility index (Phi) is 3.46. The molecule has 1 heterocycles. The largest absolute Gasteiger partial charge is 0.444 e. The highest BCUT2D eigenvalue weighted by Crippen LogP contribution is 2.19. The van der Waals surface area contributed by atoms with E-state index < -0.39 is 6.09 Å². The molecule has 0 saturated carbocycles. The van der Waals surface area contributed by atoms with Crippen LogP contribution in [0, 0.1) is 0 Å². The van der Waals surface area contributed by atoms with Gasteiger partial charge in [0.2, 0.25) is 0 Å². The lowest BCUT2D eigenvalue weighted by Gasteiger charge is -2.14. The summed E-state index contributed by atoms with van der Waals surface area (Å²) in [6.07, 6.45) is -0.583. The number of hydrogen-bond donors (Lipinski definition) is 0. The second-order valence-corrected chi connectivity index (χ2v) is 4.34. The van der Waals surface area contributed by atoms with Crippen LogP contribution >= 0.6 is 0 Å². The highest BCUT2D eigenvalue weighted by molar-refractivity contribution is 6.05. The van der Waals surface area contributed by atoms with Gasteiger partial charge in [0, 0.05) is 5.57 Å². The van der Waals surface area contributed by atoms with Gasteiger partial charge in [0.25, 0.3) is 5.91 Å². The summed E-state index contributed by atoms with van der Waals surface area (Å²) >= 11 is 0. The van der Waals surface area contributed by atoms with Gasteiger partial charge in [-0.2, -0.15) is 0 Å². The van der Waals surface area contributed by atoms with Gasteiger partial charge in [-0.15, -0.1) is 0 Å². The first-order chi connectivity index (χ1) is 8.59. The molecule has 0 aliphatic carbocycles. The molecular weight excluding hydrogens is 230 g/mol. The van der Waals surface area contributed by atoms with E-state index >= 15 is 0 Å². The van der Waals surface area contributed by atoms with Crippen LogP contribution in [0.3, 0.4) is 0 Å². The van der Waals surface area contributed by atoms with Crippen molar-refractivity contribution in [2.45, 2.75) is 20.5 Å². The molecule has 0 fully saturated rings. The predicted octanol–water partition coefficient (Wildman–Crippen LogP) is 2.50. The lowest BCUT2D eigenvalue weighted by molar-refractivity contribution is -0.124. The zero-order valence-corrected chi connectivity index (χ0v) is 10.5. The second-order valence-electron chi connectivity index (χ2n) is 4.34. The third-order valence-corrected chi connectivity index (χ3v) is 3.03. The molecule has 0 saturated heterocycles. The Morgan fingerprint density at radius 2 is 1.94 bits per heavy atom. The Balaban J connectivity index is 1.93. The summed E-state index contributed by atoms with van der Waals surface area (Å²) in [5, 5.41) is 0. The molecule has 0 N–H and O–H groups in total. The molecule has 94 valence electrons. The topological polar surface area (TPSA) is 46.6 Å². The van der Waals surface area contributed by atoms with Crippen molar-refractivity contribution in [2.75, 3.05) is 6.54 Å².